The van der Waals surface area contributed by atoms with Gasteiger partial charge in [-0.15, -0.1) is 0 Å². The topological polar surface area (TPSA) is 26.3 Å². The van der Waals surface area contributed by atoms with Gasteiger partial charge in [0, 0.05) is 12.5 Å². The summed E-state index contributed by atoms with van der Waals surface area (Å²) in [5, 5.41) is 0. The van der Waals surface area contributed by atoms with Crippen molar-refractivity contribution in [3.63, 3.8) is 0 Å². The molecule has 35 heavy (non-hydrogen) atoms. The lowest BCUT2D eigenvalue weighted by molar-refractivity contribution is -0.230. The van der Waals surface area contributed by atoms with E-state index in [0.29, 0.717) is 34.2 Å². The summed E-state index contributed by atoms with van der Waals surface area (Å²) in [5.74, 6) is 2.67. The van der Waals surface area contributed by atoms with Gasteiger partial charge in [-0.25, -0.2) is 0 Å². The van der Waals surface area contributed by atoms with Gasteiger partial charge in [-0.1, -0.05) is 73.1 Å². The van der Waals surface area contributed by atoms with E-state index >= 15 is 0 Å². The van der Waals surface area contributed by atoms with Crippen molar-refractivity contribution in [1.29, 1.82) is 0 Å². The SMILES string of the molecule is CO[C@H]1CC[C@]2(C)[C@H]3CC[C@@H]4C(=CC(C)C)[C@@](C)(/C=C(\C)C=O)CC[C@@]4(C)[C@]3(C)CC[C@H]2C1(C)C. The van der Waals surface area contributed by atoms with Crippen LogP contribution < -0.4 is 0 Å². The number of fused-ring (bicyclic) bond motifs is 5. The fraction of sp³-hybridized carbons (Fsp3) is 0.848. The Morgan fingerprint density at radius 1 is 0.886 bits per heavy atom. The Hall–Kier alpha value is -0.890. The Bertz CT molecular complexity index is 895. The first-order valence-electron chi connectivity index (χ1n) is 14.6. The van der Waals surface area contributed by atoms with Crippen LogP contribution in [-0.2, 0) is 9.53 Å². The van der Waals surface area contributed by atoms with Crippen LogP contribution in [0.15, 0.2) is 23.3 Å². The minimum atomic E-state index is 0.00224. The molecule has 0 aromatic carbocycles. The van der Waals surface area contributed by atoms with E-state index in [9.17, 15) is 4.79 Å². The van der Waals surface area contributed by atoms with Crippen molar-refractivity contribution < 1.29 is 9.53 Å². The average molecular weight is 483 g/mol. The van der Waals surface area contributed by atoms with Crippen molar-refractivity contribution in [2.75, 3.05) is 7.11 Å². The number of hydrogen-bond acceptors (Lipinski definition) is 2. The summed E-state index contributed by atoms with van der Waals surface area (Å²) in [4.78, 5) is 11.6. The van der Waals surface area contributed by atoms with Crippen LogP contribution in [0.5, 0.6) is 0 Å². The zero-order chi connectivity index (χ0) is 26.0. The molecule has 0 radical (unpaired) electrons. The Morgan fingerprint density at radius 2 is 1.57 bits per heavy atom. The van der Waals surface area contributed by atoms with E-state index in [1.807, 2.05) is 14.0 Å². The molecule has 4 aliphatic carbocycles. The van der Waals surface area contributed by atoms with Crippen molar-refractivity contribution in [3.8, 4) is 0 Å². The molecule has 0 bridgehead atoms. The summed E-state index contributed by atoms with van der Waals surface area (Å²) in [6.45, 7) is 22.1. The molecule has 8 atom stereocenters. The number of methoxy groups -OCH3 is 1. The van der Waals surface area contributed by atoms with E-state index < -0.39 is 0 Å². The van der Waals surface area contributed by atoms with Gasteiger partial charge in [0.05, 0.1) is 6.10 Å². The third-order valence-corrected chi connectivity index (χ3v) is 12.5. The summed E-state index contributed by atoms with van der Waals surface area (Å²) in [7, 11) is 1.93. The molecule has 0 amide bonds. The lowest BCUT2D eigenvalue weighted by Crippen LogP contribution is -2.65. The lowest BCUT2D eigenvalue weighted by atomic mass is 9.33. The van der Waals surface area contributed by atoms with Crippen molar-refractivity contribution in [2.24, 2.45) is 50.7 Å². The number of aldehydes is 1. The van der Waals surface area contributed by atoms with Crippen LogP contribution in [0.1, 0.15) is 114 Å². The second-order valence-corrected chi connectivity index (χ2v) is 15.0. The quantitative estimate of drug-likeness (QED) is 0.227. The monoisotopic (exact) mass is 482 g/mol. The highest BCUT2D eigenvalue weighted by Gasteiger charge is 2.68. The van der Waals surface area contributed by atoms with Crippen LogP contribution in [0, 0.1) is 50.7 Å². The highest BCUT2D eigenvalue weighted by atomic mass is 16.5. The summed E-state index contributed by atoms with van der Waals surface area (Å²) >= 11 is 0. The maximum absolute atomic E-state index is 11.6. The van der Waals surface area contributed by atoms with E-state index in [4.69, 9.17) is 4.74 Å². The second kappa shape index (κ2) is 8.85. The average Bonchev–Trinajstić information content (AvgIpc) is 2.76. The van der Waals surface area contributed by atoms with Gasteiger partial charge in [0.1, 0.15) is 6.29 Å². The lowest BCUT2D eigenvalue weighted by Gasteiger charge is -2.72. The molecule has 4 saturated carbocycles. The molecule has 0 saturated heterocycles. The standard InChI is InChI=1S/C33H54O2/c1-22(2)19-25-24-11-12-27-31(7)15-14-28(35-10)29(4,5)26(31)13-16-33(27,9)32(24,8)18-17-30(25,6)20-23(3)21-34/h19-22,24,26-28H,11-18H2,1-10H3/b23-20+,25-19?/t24-,26+,27-,28+,30-,31+,32-,33-/m1/s1. The highest BCUT2D eigenvalue weighted by Crippen LogP contribution is 2.75. The predicted octanol–water partition coefficient (Wildman–Crippen LogP) is 8.80. The van der Waals surface area contributed by atoms with Crippen LogP contribution in [0.25, 0.3) is 0 Å². The van der Waals surface area contributed by atoms with Gasteiger partial charge in [0.15, 0.2) is 0 Å². The van der Waals surface area contributed by atoms with E-state index in [2.05, 4.69) is 67.5 Å². The molecule has 4 fully saturated rings. The molecule has 2 nitrogen and oxygen atoms in total. The van der Waals surface area contributed by atoms with Crippen molar-refractivity contribution in [3.05, 3.63) is 23.3 Å². The van der Waals surface area contributed by atoms with Crippen LogP contribution in [0.2, 0.25) is 0 Å². The van der Waals surface area contributed by atoms with Crippen LogP contribution in [0.4, 0.5) is 0 Å². The first-order valence-corrected chi connectivity index (χ1v) is 14.6. The molecule has 4 aliphatic rings. The van der Waals surface area contributed by atoms with Crippen LogP contribution in [0.3, 0.4) is 0 Å². The number of carbonyl (C=O) groups excluding carboxylic acids is 1. The number of hydrogen-bond donors (Lipinski definition) is 0. The number of rotatable bonds is 4. The molecule has 0 heterocycles. The van der Waals surface area contributed by atoms with E-state index in [-0.39, 0.29) is 10.8 Å². The molecule has 0 aliphatic heterocycles. The molecule has 0 spiro atoms. The van der Waals surface area contributed by atoms with Crippen molar-refractivity contribution in [2.45, 2.75) is 120 Å². The molecule has 2 heteroatoms. The van der Waals surface area contributed by atoms with Gasteiger partial charge < -0.3 is 4.74 Å². The number of allylic oxidation sites excluding steroid dienone is 4. The van der Waals surface area contributed by atoms with Gasteiger partial charge in [0.2, 0.25) is 0 Å². The fourth-order valence-corrected chi connectivity index (χ4v) is 10.7. The third kappa shape index (κ3) is 3.86. The fourth-order valence-electron chi connectivity index (χ4n) is 10.7. The maximum atomic E-state index is 11.6. The molecule has 0 unspecified atom stereocenters. The molecule has 0 N–H and O–H groups in total. The molecule has 4 rings (SSSR count). The third-order valence-electron chi connectivity index (χ3n) is 12.5. The Labute approximate surface area is 216 Å². The maximum Gasteiger partial charge on any atom is 0.145 e. The number of ether oxygens (including phenoxy) is 1. The van der Waals surface area contributed by atoms with Crippen molar-refractivity contribution >= 4 is 6.29 Å². The number of carbonyl (C=O) groups is 1. The Balaban J connectivity index is 1.77. The Kier molecular flexibility index (Phi) is 6.87. The first kappa shape index (κ1) is 27.2. The molecular formula is C33H54O2. The minimum Gasteiger partial charge on any atom is -0.381 e. The van der Waals surface area contributed by atoms with E-state index in [1.165, 1.54) is 44.9 Å². The normalized spacial score (nSPS) is 48.8. The van der Waals surface area contributed by atoms with Gasteiger partial charge in [0.25, 0.3) is 0 Å². The van der Waals surface area contributed by atoms with E-state index in [0.717, 1.165) is 30.1 Å². The molecular weight excluding hydrogens is 428 g/mol. The summed E-state index contributed by atoms with van der Waals surface area (Å²) in [6, 6.07) is 0. The molecule has 0 aromatic rings. The zero-order valence-corrected chi connectivity index (χ0v) is 24.6. The smallest absolute Gasteiger partial charge is 0.145 e. The molecule has 0 aromatic heterocycles. The van der Waals surface area contributed by atoms with Crippen LogP contribution in [-0.4, -0.2) is 19.5 Å². The van der Waals surface area contributed by atoms with Crippen molar-refractivity contribution in [1.82, 2.24) is 0 Å². The summed E-state index contributed by atoms with van der Waals surface area (Å²) in [5.41, 5.74) is 3.84. The van der Waals surface area contributed by atoms with Crippen LogP contribution >= 0.6 is 0 Å². The van der Waals surface area contributed by atoms with Gasteiger partial charge >= 0.3 is 0 Å². The first-order chi connectivity index (χ1) is 16.2. The van der Waals surface area contributed by atoms with E-state index in [1.54, 1.807) is 5.57 Å². The largest absolute Gasteiger partial charge is 0.381 e. The van der Waals surface area contributed by atoms with Gasteiger partial charge in [-0.05, 0) is 109 Å². The van der Waals surface area contributed by atoms with Gasteiger partial charge in [-0.2, -0.15) is 0 Å². The Morgan fingerprint density at radius 3 is 2.17 bits per heavy atom. The minimum absolute atomic E-state index is 0.00224. The van der Waals surface area contributed by atoms with Gasteiger partial charge in [-0.3, -0.25) is 4.79 Å². The summed E-state index contributed by atoms with van der Waals surface area (Å²) in [6.07, 6.45) is 16.6. The summed E-state index contributed by atoms with van der Waals surface area (Å²) < 4.78 is 6.04. The highest BCUT2D eigenvalue weighted by molar-refractivity contribution is 5.72. The zero-order valence-electron chi connectivity index (χ0n) is 24.6. The molecule has 198 valence electrons. The second-order valence-electron chi connectivity index (χ2n) is 15.0. The predicted molar refractivity (Wildman–Crippen MR) is 147 cm³/mol.